The SMILES string of the molecule is CC(C)(C)NC(=O)CN1CCCN(CC(=O)N[C@H]2CCCc3ccccc32)CC1. The van der Waals surface area contributed by atoms with Crippen molar-refractivity contribution in [3.05, 3.63) is 35.4 Å². The van der Waals surface area contributed by atoms with Crippen molar-refractivity contribution in [2.24, 2.45) is 0 Å². The van der Waals surface area contributed by atoms with Gasteiger partial charge in [0, 0.05) is 18.6 Å². The second-order valence-electron chi connectivity index (χ2n) is 9.42. The van der Waals surface area contributed by atoms with E-state index < -0.39 is 0 Å². The van der Waals surface area contributed by atoms with Crippen LogP contribution in [0, 0.1) is 0 Å². The lowest BCUT2D eigenvalue weighted by molar-refractivity contribution is -0.124. The predicted octanol–water partition coefficient (Wildman–Crippen LogP) is 2.10. The Morgan fingerprint density at radius 3 is 2.31 bits per heavy atom. The van der Waals surface area contributed by atoms with Gasteiger partial charge in [0.15, 0.2) is 0 Å². The van der Waals surface area contributed by atoms with E-state index in [4.69, 9.17) is 0 Å². The van der Waals surface area contributed by atoms with E-state index in [1.54, 1.807) is 0 Å². The van der Waals surface area contributed by atoms with Crippen LogP contribution in [0.15, 0.2) is 24.3 Å². The minimum Gasteiger partial charge on any atom is -0.350 e. The van der Waals surface area contributed by atoms with E-state index in [2.05, 4.69) is 44.7 Å². The van der Waals surface area contributed by atoms with E-state index >= 15 is 0 Å². The van der Waals surface area contributed by atoms with Gasteiger partial charge < -0.3 is 10.6 Å². The zero-order chi connectivity index (χ0) is 20.9. The van der Waals surface area contributed by atoms with Crippen molar-refractivity contribution >= 4 is 11.8 Å². The molecule has 0 unspecified atom stereocenters. The van der Waals surface area contributed by atoms with E-state index in [1.165, 1.54) is 11.1 Å². The molecule has 1 fully saturated rings. The zero-order valence-corrected chi connectivity index (χ0v) is 18.2. The van der Waals surface area contributed by atoms with Gasteiger partial charge in [-0.15, -0.1) is 0 Å². The molecule has 1 aromatic carbocycles. The van der Waals surface area contributed by atoms with Gasteiger partial charge in [-0.25, -0.2) is 0 Å². The molecule has 0 saturated carbocycles. The predicted molar refractivity (Wildman–Crippen MR) is 116 cm³/mol. The number of carbonyl (C=O) groups is 2. The highest BCUT2D eigenvalue weighted by atomic mass is 16.2. The monoisotopic (exact) mass is 400 g/mol. The lowest BCUT2D eigenvalue weighted by atomic mass is 9.88. The number of aryl methyl sites for hydroxylation is 1. The van der Waals surface area contributed by atoms with E-state index in [1.807, 2.05) is 20.8 Å². The molecule has 6 heteroatoms. The lowest BCUT2D eigenvalue weighted by Gasteiger charge is -2.28. The van der Waals surface area contributed by atoms with Crippen LogP contribution >= 0.6 is 0 Å². The number of carbonyl (C=O) groups excluding carboxylic acids is 2. The quantitative estimate of drug-likeness (QED) is 0.795. The standard InChI is InChI=1S/C23H36N4O2/c1-23(2,3)25-22(29)17-27-13-7-12-26(14-15-27)16-21(28)24-20-11-6-9-18-8-4-5-10-19(18)20/h4-5,8,10,20H,6-7,9,11-17H2,1-3H3,(H,24,28)(H,25,29)/t20-/m0/s1. The summed E-state index contributed by atoms with van der Waals surface area (Å²) in [5, 5.41) is 6.28. The van der Waals surface area contributed by atoms with Crippen LogP contribution in [0.1, 0.15) is 57.2 Å². The van der Waals surface area contributed by atoms with Crippen molar-refractivity contribution in [3.8, 4) is 0 Å². The number of fused-ring (bicyclic) bond motifs is 1. The summed E-state index contributed by atoms with van der Waals surface area (Å²) in [5.74, 6) is 0.172. The maximum absolute atomic E-state index is 12.7. The van der Waals surface area contributed by atoms with Crippen LogP contribution in [-0.2, 0) is 16.0 Å². The molecule has 0 spiro atoms. The third-order valence-corrected chi connectivity index (χ3v) is 5.63. The highest BCUT2D eigenvalue weighted by molar-refractivity contribution is 5.79. The van der Waals surface area contributed by atoms with Crippen molar-refractivity contribution in [2.45, 2.75) is 58.0 Å². The minimum atomic E-state index is -0.204. The average Bonchev–Trinajstić information content (AvgIpc) is 2.85. The molecule has 2 aliphatic rings. The number of rotatable bonds is 5. The van der Waals surface area contributed by atoms with Crippen molar-refractivity contribution in [1.29, 1.82) is 0 Å². The Morgan fingerprint density at radius 2 is 1.62 bits per heavy atom. The van der Waals surface area contributed by atoms with Crippen LogP contribution in [0.25, 0.3) is 0 Å². The summed E-state index contributed by atoms with van der Waals surface area (Å²) in [6.45, 7) is 10.3. The van der Waals surface area contributed by atoms with Gasteiger partial charge in [-0.05, 0) is 70.7 Å². The van der Waals surface area contributed by atoms with Crippen LogP contribution in [0.4, 0.5) is 0 Å². The first-order chi connectivity index (χ1) is 13.8. The molecule has 2 N–H and O–H groups in total. The van der Waals surface area contributed by atoms with Gasteiger partial charge in [-0.3, -0.25) is 19.4 Å². The number of nitrogens with one attached hydrogen (secondary N) is 2. The first-order valence-electron chi connectivity index (χ1n) is 10.9. The van der Waals surface area contributed by atoms with E-state index in [0.717, 1.165) is 51.9 Å². The van der Waals surface area contributed by atoms with Gasteiger partial charge in [0.05, 0.1) is 19.1 Å². The number of amides is 2. The molecule has 1 aliphatic carbocycles. The maximum atomic E-state index is 12.7. The third-order valence-electron chi connectivity index (χ3n) is 5.63. The molecule has 2 amide bonds. The number of benzene rings is 1. The molecule has 0 bridgehead atoms. The van der Waals surface area contributed by atoms with Gasteiger partial charge in [-0.2, -0.15) is 0 Å². The molecule has 160 valence electrons. The normalized spacial score (nSPS) is 21.1. The van der Waals surface area contributed by atoms with Gasteiger partial charge in [-0.1, -0.05) is 24.3 Å². The molecule has 0 aromatic heterocycles. The first kappa shape index (κ1) is 21.8. The van der Waals surface area contributed by atoms with Crippen molar-refractivity contribution in [1.82, 2.24) is 20.4 Å². The Morgan fingerprint density at radius 1 is 0.966 bits per heavy atom. The molecule has 29 heavy (non-hydrogen) atoms. The molecule has 1 atom stereocenters. The Bertz CT molecular complexity index is 713. The fraction of sp³-hybridized carbons (Fsp3) is 0.652. The van der Waals surface area contributed by atoms with Crippen molar-refractivity contribution in [3.63, 3.8) is 0 Å². The van der Waals surface area contributed by atoms with Crippen LogP contribution < -0.4 is 10.6 Å². The molecular formula is C23H36N4O2. The van der Waals surface area contributed by atoms with E-state index in [0.29, 0.717) is 13.1 Å². The minimum absolute atomic E-state index is 0.0691. The van der Waals surface area contributed by atoms with Gasteiger partial charge in [0.1, 0.15) is 0 Å². The maximum Gasteiger partial charge on any atom is 0.234 e. The number of hydrogen-bond donors (Lipinski definition) is 2. The van der Waals surface area contributed by atoms with Gasteiger partial charge in [0.2, 0.25) is 11.8 Å². The molecular weight excluding hydrogens is 364 g/mol. The topological polar surface area (TPSA) is 64.7 Å². The fourth-order valence-electron chi connectivity index (χ4n) is 4.35. The number of nitrogens with zero attached hydrogens (tertiary/aromatic N) is 2. The summed E-state index contributed by atoms with van der Waals surface area (Å²) in [6.07, 6.45) is 4.21. The summed E-state index contributed by atoms with van der Waals surface area (Å²) in [5.41, 5.74) is 2.44. The first-order valence-corrected chi connectivity index (χ1v) is 10.9. The second kappa shape index (κ2) is 9.72. The van der Waals surface area contributed by atoms with Gasteiger partial charge in [0.25, 0.3) is 0 Å². The smallest absolute Gasteiger partial charge is 0.234 e. The summed E-state index contributed by atoms with van der Waals surface area (Å²) in [4.78, 5) is 29.3. The molecule has 1 heterocycles. The molecule has 1 saturated heterocycles. The molecule has 3 rings (SSSR count). The van der Waals surface area contributed by atoms with E-state index in [-0.39, 0.29) is 23.4 Å². The summed E-state index contributed by atoms with van der Waals surface area (Å²) in [7, 11) is 0. The van der Waals surface area contributed by atoms with Crippen molar-refractivity contribution in [2.75, 3.05) is 39.3 Å². The Balaban J connectivity index is 1.46. The van der Waals surface area contributed by atoms with Crippen LogP contribution in [0.5, 0.6) is 0 Å². The molecule has 6 nitrogen and oxygen atoms in total. The second-order valence-corrected chi connectivity index (χ2v) is 9.42. The Hall–Kier alpha value is -1.92. The average molecular weight is 401 g/mol. The highest BCUT2D eigenvalue weighted by Gasteiger charge is 2.24. The fourth-order valence-corrected chi connectivity index (χ4v) is 4.35. The summed E-state index contributed by atoms with van der Waals surface area (Å²) in [6, 6.07) is 8.59. The Labute approximate surface area is 175 Å². The van der Waals surface area contributed by atoms with Crippen LogP contribution in [0.2, 0.25) is 0 Å². The van der Waals surface area contributed by atoms with Crippen LogP contribution in [-0.4, -0.2) is 66.4 Å². The number of hydrogen-bond acceptors (Lipinski definition) is 4. The van der Waals surface area contributed by atoms with Crippen molar-refractivity contribution < 1.29 is 9.59 Å². The largest absolute Gasteiger partial charge is 0.350 e. The third kappa shape index (κ3) is 6.82. The highest BCUT2D eigenvalue weighted by Crippen LogP contribution is 2.29. The van der Waals surface area contributed by atoms with Gasteiger partial charge >= 0.3 is 0 Å². The summed E-state index contributed by atoms with van der Waals surface area (Å²) < 4.78 is 0. The summed E-state index contributed by atoms with van der Waals surface area (Å²) >= 11 is 0. The zero-order valence-electron chi connectivity index (χ0n) is 18.2. The molecule has 0 radical (unpaired) electrons. The Kier molecular flexibility index (Phi) is 7.30. The van der Waals surface area contributed by atoms with Crippen LogP contribution in [0.3, 0.4) is 0 Å². The molecule has 1 aliphatic heterocycles. The molecule has 1 aromatic rings. The lowest BCUT2D eigenvalue weighted by Crippen LogP contribution is -2.46. The van der Waals surface area contributed by atoms with E-state index in [9.17, 15) is 9.59 Å².